The minimum absolute atomic E-state index is 0.723. The maximum absolute atomic E-state index is 6.04. The van der Waals surface area contributed by atoms with Crippen molar-refractivity contribution in [2.45, 2.75) is 38.4 Å². The maximum Gasteiger partial charge on any atom is 0.137 e. The second-order valence-electron chi connectivity index (χ2n) is 6.58. The molecule has 6 heteroatoms. The van der Waals surface area contributed by atoms with E-state index in [1.165, 1.54) is 24.2 Å². The highest BCUT2D eigenvalue weighted by atomic mass is 35.5. The summed E-state index contributed by atoms with van der Waals surface area (Å²) in [6.07, 6.45) is 9.73. The van der Waals surface area contributed by atoms with Crippen LogP contribution < -0.4 is 0 Å². The van der Waals surface area contributed by atoms with E-state index in [4.69, 9.17) is 11.6 Å². The van der Waals surface area contributed by atoms with Gasteiger partial charge in [-0.1, -0.05) is 11.6 Å². The number of fused-ring (bicyclic) bond motifs is 2. The average molecular weight is 328 g/mol. The van der Waals surface area contributed by atoms with Crippen LogP contribution in [0.1, 0.15) is 36.0 Å². The lowest BCUT2D eigenvalue weighted by atomic mass is 10.1. The van der Waals surface area contributed by atoms with E-state index >= 15 is 0 Å². The zero-order valence-corrected chi connectivity index (χ0v) is 13.6. The molecule has 0 spiro atoms. The van der Waals surface area contributed by atoms with E-state index in [-0.39, 0.29) is 0 Å². The summed E-state index contributed by atoms with van der Waals surface area (Å²) in [4.78, 5) is 11.8. The lowest BCUT2D eigenvalue weighted by Gasteiger charge is -2.26. The van der Waals surface area contributed by atoms with Gasteiger partial charge in [-0.15, -0.1) is 0 Å². The average Bonchev–Trinajstić information content (AvgIpc) is 3.17. The first-order valence-electron chi connectivity index (χ1n) is 8.16. The van der Waals surface area contributed by atoms with Crippen molar-refractivity contribution in [1.82, 2.24) is 23.8 Å². The first-order chi connectivity index (χ1) is 11.3. The van der Waals surface area contributed by atoms with Gasteiger partial charge in [-0.25, -0.2) is 9.97 Å². The fraction of sp³-hybridized carbons (Fsp3) is 0.412. The first-order valence-corrected chi connectivity index (χ1v) is 8.54. The van der Waals surface area contributed by atoms with E-state index < -0.39 is 0 Å². The Bertz CT molecular complexity index is 876. The highest BCUT2D eigenvalue weighted by molar-refractivity contribution is 6.30. The lowest BCUT2D eigenvalue weighted by molar-refractivity contribution is 0.237. The van der Waals surface area contributed by atoms with E-state index in [1.807, 2.05) is 29.1 Å². The van der Waals surface area contributed by atoms with Gasteiger partial charge in [0.25, 0.3) is 0 Å². The number of hydrogen-bond acceptors (Lipinski definition) is 3. The van der Waals surface area contributed by atoms with E-state index in [0.29, 0.717) is 0 Å². The van der Waals surface area contributed by atoms with Crippen LogP contribution in [-0.4, -0.2) is 30.4 Å². The molecule has 0 N–H and O–H groups in total. The van der Waals surface area contributed by atoms with Gasteiger partial charge in [0.05, 0.1) is 22.7 Å². The number of aromatic nitrogens is 4. The summed E-state index contributed by atoms with van der Waals surface area (Å²) in [5.41, 5.74) is 4.72. The van der Waals surface area contributed by atoms with Crippen molar-refractivity contribution in [3.63, 3.8) is 0 Å². The summed E-state index contributed by atoms with van der Waals surface area (Å²) in [5, 5.41) is 0.731. The van der Waals surface area contributed by atoms with Crippen LogP contribution in [0.4, 0.5) is 0 Å². The van der Waals surface area contributed by atoms with Crippen LogP contribution in [0.5, 0.6) is 0 Å². The Kier molecular flexibility index (Phi) is 3.00. The Hall–Kier alpha value is -1.85. The SMILES string of the molecule is Clc1ccc2nc(CN3CCc4c(ncn4C4CC4)C3)cn2c1. The summed E-state index contributed by atoms with van der Waals surface area (Å²) in [6, 6.07) is 4.56. The Labute approximate surface area is 139 Å². The molecule has 1 saturated carbocycles. The number of hydrogen-bond donors (Lipinski definition) is 0. The number of rotatable bonds is 3. The fourth-order valence-electron chi connectivity index (χ4n) is 3.51. The van der Waals surface area contributed by atoms with Gasteiger partial charge in [-0.2, -0.15) is 0 Å². The summed E-state index contributed by atoms with van der Waals surface area (Å²) < 4.78 is 4.40. The van der Waals surface area contributed by atoms with Crippen LogP contribution >= 0.6 is 11.6 Å². The third kappa shape index (κ3) is 2.44. The first kappa shape index (κ1) is 13.6. The topological polar surface area (TPSA) is 38.4 Å². The summed E-state index contributed by atoms with van der Waals surface area (Å²) in [6.45, 7) is 2.85. The largest absolute Gasteiger partial charge is 0.331 e. The molecule has 1 aliphatic carbocycles. The van der Waals surface area contributed by atoms with Gasteiger partial charge in [0.1, 0.15) is 5.65 Å². The van der Waals surface area contributed by atoms with Gasteiger partial charge in [-0.3, -0.25) is 4.90 Å². The molecule has 1 aliphatic heterocycles. The highest BCUT2D eigenvalue weighted by Gasteiger charge is 2.29. The molecule has 0 saturated heterocycles. The predicted octanol–water partition coefficient (Wildman–Crippen LogP) is 3.08. The summed E-state index contributed by atoms with van der Waals surface area (Å²) in [5.74, 6) is 0. The molecule has 0 aromatic carbocycles. The fourth-order valence-corrected chi connectivity index (χ4v) is 3.68. The van der Waals surface area contributed by atoms with Crippen molar-refractivity contribution >= 4 is 17.2 Å². The molecule has 118 valence electrons. The van der Waals surface area contributed by atoms with E-state index in [2.05, 4.69) is 25.6 Å². The molecule has 2 aliphatic rings. The van der Waals surface area contributed by atoms with E-state index in [1.54, 1.807) is 0 Å². The molecule has 0 atom stereocenters. The van der Waals surface area contributed by atoms with Crippen molar-refractivity contribution < 1.29 is 0 Å². The molecule has 0 radical (unpaired) electrons. The van der Waals surface area contributed by atoms with Crippen LogP contribution in [0.2, 0.25) is 5.02 Å². The van der Waals surface area contributed by atoms with Crippen LogP contribution in [0.15, 0.2) is 30.9 Å². The van der Waals surface area contributed by atoms with Crippen molar-refractivity contribution in [1.29, 1.82) is 0 Å². The third-order valence-corrected chi connectivity index (χ3v) is 5.04. The zero-order valence-electron chi connectivity index (χ0n) is 12.8. The van der Waals surface area contributed by atoms with Crippen LogP contribution in [0, 0.1) is 0 Å². The Morgan fingerprint density at radius 2 is 2.13 bits per heavy atom. The van der Waals surface area contributed by atoms with Gasteiger partial charge < -0.3 is 8.97 Å². The second kappa shape index (κ2) is 5.08. The monoisotopic (exact) mass is 327 g/mol. The summed E-state index contributed by atoms with van der Waals surface area (Å²) >= 11 is 6.04. The summed E-state index contributed by atoms with van der Waals surface area (Å²) in [7, 11) is 0. The van der Waals surface area contributed by atoms with Gasteiger partial charge in [0, 0.05) is 50.2 Å². The van der Waals surface area contributed by atoms with Crippen molar-refractivity contribution in [3.05, 3.63) is 53.0 Å². The Morgan fingerprint density at radius 1 is 1.22 bits per heavy atom. The van der Waals surface area contributed by atoms with Gasteiger partial charge in [-0.05, 0) is 25.0 Å². The van der Waals surface area contributed by atoms with Gasteiger partial charge in [0.2, 0.25) is 0 Å². The van der Waals surface area contributed by atoms with Crippen LogP contribution in [0.3, 0.4) is 0 Å². The smallest absolute Gasteiger partial charge is 0.137 e. The highest BCUT2D eigenvalue weighted by Crippen LogP contribution is 2.37. The van der Waals surface area contributed by atoms with Crippen molar-refractivity contribution in [2.24, 2.45) is 0 Å². The standard InChI is InChI=1S/C17H18ClN5/c18-12-1-4-17-20-13(9-22(17)7-12)8-21-6-5-16-15(10-21)19-11-23(16)14-2-3-14/h1,4,7,9,11,14H,2-3,5-6,8,10H2. The van der Waals surface area contributed by atoms with E-state index in [9.17, 15) is 0 Å². The molecule has 1 fully saturated rings. The molecule has 0 bridgehead atoms. The zero-order chi connectivity index (χ0) is 15.4. The molecule has 3 aromatic rings. The minimum Gasteiger partial charge on any atom is -0.331 e. The second-order valence-corrected chi connectivity index (χ2v) is 7.02. The van der Waals surface area contributed by atoms with Crippen molar-refractivity contribution in [2.75, 3.05) is 6.54 Å². The number of pyridine rings is 1. The third-order valence-electron chi connectivity index (χ3n) is 4.81. The normalized spacial score (nSPS) is 18.5. The molecule has 4 heterocycles. The van der Waals surface area contributed by atoms with Gasteiger partial charge in [0.15, 0.2) is 0 Å². The van der Waals surface area contributed by atoms with Gasteiger partial charge >= 0.3 is 0 Å². The van der Waals surface area contributed by atoms with Crippen LogP contribution in [-0.2, 0) is 19.5 Å². The molecular formula is C17H18ClN5. The number of halogens is 1. The molecule has 0 amide bonds. The Balaban J connectivity index is 1.36. The molecule has 23 heavy (non-hydrogen) atoms. The Morgan fingerprint density at radius 3 is 3.00 bits per heavy atom. The van der Waals surface area contributed by atoms with Crippen molar-refractivity contribution in [3.8, 4) is 0 Å². The maximum atomic E-state index is 6.04. The molecule has 5 rings (SSSR count). The molecule has 0 unspecified atom stereocenters. The number of imidazole rings is 2. The quantitative estimate of drug-likeness (QED) is 0.742. The number of nitrogens with zero attached hydrogens (tertiary/aromatic N) is 5. The molecule has 3 aromatic heterocycles. The predicted molar refractivity (Wildman–Crippen MR) is 88.5 cm³/mol. The van der Waals surface area contributed by atoms with E-state index in [0.717, 1.165) is 48.5 Å². The molecular weight excluding hydrogens is 310 g/mol. The minimum atomic E-state index is 0.723. The molecule has 5 nitrogen and oxygen atoms in total. The van der Waals surface area contributed by atoms with Crippen LogP contribution in [0.25, 0.3) is 5.65 Å². The lowest BCUT2D eigenvalue weighted by Crippen LogP contribution is -2.31.